The third-order valence-electron chi connectivity index (χ3n) is 5.40. The van der Waals surface area contributed by atoms with E-state index in [9.17, 15) is 13.2 Å². The summed E-state index contributed by atoms with van der Waals surface area (Å²) in [5, 5.41) is 0. The van der Waals surface area contributed by atoms with Crippen LogP contribution in [0.1, 0.15) is 25.5 Å². The Morgan fingerprint density at radius 3 is 2.31 bits per heavy atom. The molecule has 2 fully saturated rings. The van der Waals surface area contributed by atoms with Crippen molar-refractivity contribution in [1.82, 2.24) is 4.31 Å². The van der Waals surface area contributed by atoms with E-state index in [4.69, 9.17) is 9.47 Å². The molecule has 29 heavy (non-hydrogen) atoms. The van der Waals surface area contributed by atoms with Crippen molar-refractivity contribution < 1.29 is 22.7 Å². The van der Waals surface area contributed by atoms with E-state index in [2.05, 4.69) is 0 Å². The maximum atomic E-state index is 13.4. The molecule has 1 amide bonds. The summed E-state index contributed by atoms with van der Waals surface area (Å²) >= 11 is 0. The van der Waals surface area contributed by atoms with Crippen LogP contribution in [-0.2, 0) is 19.5 Å². The van der Waals surface area contributed by atoms with Crippen LogP contribution in [-0.4, -0.2) is 50.7 Å². The molecule has 154 valence electrons. The van der Waals surface area contributed by atoms with Crippen molar-refractivity contribution in [2.75, 3.05) is 24.7 Å². The number of nitrogens with zero attached hydrogens (tertiary/aromatic N) is 2. The Kier molecular flexibility index (Phi) is 5.33. The van der Waals surface area contributed by atoms with Gasteiger partial charge in [0.25, 0.3) is 0 Å². The van der Waals surface area contributed by atoms with E-state index in [1.165, 1.54) is 9.21 Å². The van der Waals surface area contributed by atoms with Gasteiger partial charge in [0.2, 0.25) is 10.0 Å². The van der Waals surface area contributed by atoms with Gasteiger partial charge in [0, 0.05) is 11.7 Å². The summed E-state index contributed by atoms with van der Waals surface area (Å²) in [6.07, 6.45) is -0.748. The predicted octanol–water partition coefficient (Wildman–Crippen LogP) is 3.18. The molecule has 3 atom stereocenters. The summed E-state index contributed by atoms with van der Waals surface area (Å²) in [4.78, 5) is 13.4. The highest BCUT2D eigenvalue weighted by molar-refractivity contribution is 7.89. The topological polar surface area (TPSA) is 76.2 Å². The monoisotopic (exact) mass is 416 g/mol. The van der Waals surface area contributed by atoms with Crippen LogP contribution in [0.15, 0.2) is 59.5 Å². The summed E-state index contributed by atoms with van der Waals surface area (Å²) in [5.41, 5.74) is 1.58. The molecule has 0 spiro atoms. The van der Waals surface area contributed by atoms with Gasteiger partial charge in [0.15, 0.2) is 0 Å². The second-order valence-corrected chi connectivity index (χ2v) is 9.19. The number of sulfonamides is 1. The minimum Gasteiger partial charge on any atom is -0.447 e. The van der Waals surface area contributed by atoms with Gasteiger partial charge in [-0.3, -0.25) is 4.90 Å². The number of carbonyl (C=O) groups excluding carboxylic acids is 1. The number of cyclic esters (lactones) is 1. The summed E-state index contributed by atoms with van der Waals surface area (Å²) in [5.74, 6) is 0. The van der Waals surface area contributed by atoms with Crippen LogP contribution in [0.4, 0.5) is 10.5 Å². The minimum absolute atomic E-state index is 0.196. The predicted molar refractivity (Wildman–Crippen MR) is 108 cm³/mol. The number of rotatable bonds is 4. The molecule has 2 heterocycles. The molecule has 0 N–H and O–H groups in total. The van der Waals surface area contributed by atoms with Gasteiger partial charge in [-0.25, -0.2) is 13.2 Å². The number of carbonyl (C=O) groups is 1. The van der Waals surface area contributed by atoms with Crippen molar-refractivity contribution in [3.05, 3.63) is 60.2 Å². The summed E-state index contributed by atoms with van der Waals surface area (Å²) in [6.45, 7) is 4.84. The van der Waals surface area contributed by atoms with Crippen molar-refractivity contribution in [1.29, 1.82) is 0 Å². The van der Waals surface area contributed by atoms with Gasteiger partial charge in [0.05, 0.1) is 30.2 Å². The van der Waals surface area contributed by atoms with Crippen LogP contribution >= 0.6 is 0 Å². The number of morpholine rings is 1. The molecule has 0 bridgehead atoms. The fourth-order valence-corrected chi connectivity index (χ4v) is 5.82. The van der Waals surface area contributed by atoms with Crippen LogP contribution < -0.4 is 4.90 Å². The van der Waals surface area contributed by atoms with E-state index < -0.39 is 16.1 Å². The van der Waals surface area contributed by atoms with Crippen LogP contribution in [0.2, 0.25) is 0 Å². The number of hydrogen-bond acceptors (Lipinski definition) is 5. The second-order valence-electron chi connectivity index (χ2n) is 7.35. The standard InChI is InChI=1S/C21H24N2O5S/c1-15-14-28-20(17-6-4-3-5-7-17)16(2)23(15)29(25,26)19-10-8-18(9-11-19)22-12-13-27-21(22)24/h3-11,15-16,20H,12-14H2,1-2H3/t15-,16-,20+/m1/s1. The largest absolute Gasteiger partial charge is 0.447 e. The lowest BCUT2D eigenvalue weighted by molar-refractivity contribution is -0.0617. The summed E-state index contributed by atoms with van der Waals surface area (Å²) in [7, 11) is -3.74. The lowest BCUT2D eigenvalue weighted by Gasteiger charge is -2.42. The molecular weight excluding hydrogens is 392 g/mol. The fraction of sp³-hybridized carbons (Fsp3) is 0.381. The Morgan fingerprint density at radius 1 is 1.00 bits per heavy atom. The number of ether oxygens (including phenoxy) is 2. The van der Waals surface area contributed by atoms with Crippen molar-refractivity contribution in [3.8, 4) is 0 Å². The average molecular weight is 416 g/mol. The molecule has 4 rings (SSSR count). The highest BCUT2D eigenvalue weighted by Crippen LogP contribution is 2.35. The van der Waals surface area contributed by atoms with Crippen molar-refractivity contribution in [2.24, 2.45) is 0 Å². The number of benzene rings is 2. The van der Waals surface area contributed by atoms with E-state index in [1.807, 2.05) is 44.2 Å². The molecule has 2 aromatic rings. The van der Waals surface area contributed by atoms with Gasteiger partial charge < -0.3 is 9.47 Å². The molecule has 7 nitrogen and oxygen atoms in total. The van der Waals surface area contributed by atoms with Crippen LogP contribution in [0.25, 0.3) is 0 Å². The molecule has 0 aromatic heterocycles. The SMILES string of the molecule is C[C@@H]1CO[C@H](c2ccccc2)[C@@H](C)N1S(=O)(=O)c1ccc(N2CCOC2=O)cc1. The van der Waals surface area contributed by atoms with Gasteiger partial charge in [0.1, 0.15) is 6.61 Å². The lowest BCUT2D eigenvalue weighted by Crippen LogP contribution is -2.53. The third-order valence-corrected chi connectivity index (χ3v) is 7.52. The van der Waals surface area contributed by atoms with Crippen LogP contribution in [0, 0.1) is 0 Å². The lowest BCUT2D eigenvalue weighted by atomic mass is 10.0. The highest BCUT2D eigenvalue weighted by Gasteiger charge is 2.41. The van der Waals surface area contributed by atoms with Gasteiger partial charge >= 0.3 is 6.09 Å². The van der Waals surface area contributed by atoms with Crippen LogP contribution in [0.3, 0.4) is 0 Å². The van der Waals surface area contributed by atoms with Crippen molar-refractivity contribution in [2.45, 2.75) is 36.9 Å². The quantitative estimate of drug-likeness (QED) is 0.765. The Hall–Kier alpha value is -2.42. The zero-order valence-electron chi connectivity index (χ0n) is 16.4. The molecule has 2 saturated heterocycles. The van der Waals surface area contributed by atoms with Crippen molar-refractivity contribution >= 4 is 21.8 Å². The van der Waals surface area contributed by atoms with E-state index in [0.717, 1.165) is 5.56 Å². The van der Waals surface area contributed by atoms with E-state index in [0.29, 0.717) is 25.4 Å². The number of amides is 1. The molecule has 0 aliphatic carbocycles. The maximum Gasteiger partial charge on any atom is 0.414 e. The normalized spacial score (nSPS) is 25.8. The van der Waals surface area contributed by atoms with E-state index >= 15 is 0 Å². The Labute approximate surface area is 170 Å². The van der Waals surface area contributed by atoms with Gasteiger partial charge in [-0.15, -0.1) is 0 Å². The fourth-order valence-electron chi connectivity index (χ4n) is 4.01. The summed E-state index contributed by atoms with van der Waals surface area (Å²) < 4.78 is 39.4. The van der Waals surface area contributed by atoms with E-state index in [1.54, 1.807) is 24.3 Å². The first-order valence-electron chi connectivity index (χ1n) is 9.64. The second kappa shape index (κ2) is 7.78. The first kappa shape index (κ1) is 19.9. The molecule has 0 radical (unpaired) electrons. The van der Waals surface area contributed by atoms with Gasteiger partial charge in [-0.05, 0) is 43.7 Å². The van der Waals surface area contributed by atoms with E-state index in [-0.39, 0.29) is 23.1 Å². The molecule has 2 aliphatic heterocycles. The molecule has 2 aromatic carbocycles. The van der Waals surface area contributed by atoms with Crippen LogP contribution in [0.5, 0.6) is 0 Å². The Morgan fingerprint density at radius 2 is 1.69 bits per heavy atom. The minimum atomic E-state index is -3.74. The highest BCUT2D eigenvalue weighted by atomic mass is 32.2. The third kappa shape index (κ3) is 3.63. The van der Waals surface area contributed by atoms with Crippen molar-refractivity contribution in [3.63, 3.8) is 0 Å². The average Bonchev–Trinajstić information content (AvgIpc) is 3.14. The zero-order valence-corrected chi connectivity index (χ0v) is 17.2. The molecule has 8 heteroatoms. The first-order valence-corrected chi connectivity index (χ1v) is 11.1. The maximum absolute atomic E-state index is 13.4. The molecular formula is C21H24N2O5S. The number of anilines is 1. The molecule has 0 unspecified atom stereocenters. The Bertz CT molecular complexity index is 978. The molecule has 0 saturated carbocycles. The first-order chi connectivity index (χ1) is 13.9. The smallest absolute Gasteiger partial charge is 0.414 e. The summed E-state index contributed by atoms with van der Waals surface area (Å²) in [6, 6.07) is 15.4. The van der Waals surface area contributed by atoms with Gasteiger partial charge in [-0.2, -0.15) is 4.31 Å². The van der Waals surface area contributed by atoms with Gasteiger partial charge in [-0.1, -0.05) is 30.3 Å². The zero-order chi connectivity index (χ0) is 20.6. The number of hydrogen-bond donors (Lipinski definition) is 0. The molecule has 2 aliphatic rings. The Balaban J connectivity index is 1.62.